The van der Waals surface area contributed by atoms with Gasteiger partial charge in [-0.05, 0) is 60.2 Å². The van der Waals surface area contributed by atoms with Crippen LogP contribution < -0.4 is 0 Å². The topological polar surface area (TPSA) is 24.7 Å². The predicted molar refractivity (Wildman–Crippen MR) is 97.2 cm³/mol. The Labute approximate surface area is 138 Å². The van der Waals surface area contributed by atoms with Crippen LogP contribution in [-0.2, 0) is 0 Å². The highest BCUT2D eigenvalue weighted by atomic mass is 15.1. The van der Waals surface area contributed by atoms with Gasteiger partial charge < -0.3 is 0 Å². The lowest BCUT2D eigenvalue weighted by Gasteiger charge is -2.03. The molecule has 0 saturated heterocycles. The van der Waals surface area contributed by atoms with Gasteiger partial charge in [-0.1, -0.05) is 50.2 Å². The molecule has 0 spiro atoms. The number of nitrogens with zero attached hydrogens (tertiary/aromatic N) is 2. The van der Waals surface area contributed by atoms with Crippen molar-refractivity contribution in [3.8, 4) is 11.1 Å². The molecule has 0 radical (unpaired) electrons. The van der Waals surface area contributed by atoms with E-state index < -0.39 is 0 Å². The number of hydrogen-bond acceptors (Lipinski definition) is 2. The van der Waals surface area contributed by atoms with Crippen LogP contribution in [0.5, 0.6) is 0 Å². The van der Waals surface area contributed by atoms with Crippen molar-refractivity contribution >= 4 is 11.4 Å². The van der Waals surface area contributed by atoms with E-state index in [-0.39, 0.29) is 0 Å². The van der Waals surface area contributed by atoms with Crippen molar-refractivity contribution in [1.82, 2.24) is 0 Å². The summed E-state index contributed by atoms with van der Waals surface area (Å²) in [6.07, 6.45) is 0. The first-order valence-electron chi connectivity index (χ1n) is 8.07. The number of fused-ring (bicyclic) bond motifs is 1. The maximum absolute atomic E-state index is 4.51. The Balaban J connectivity index is 2.09. The lowest BCUT2D eigenvalue weighted by Crippen LogP contribution is -1.83. The zero-order valence-electron chi connectivity index (χ0n) is 14.2. The second-order valence-corrected chi connectivity index (χ2v) is 6.35. The maximum atomic E-state index is 4.51. The molecule has 0 atom stereocenters. The lowest BCUT2D eigenvalue weighted by atomic mass is 10.0. The zero-order chi connectivity index (χ0) is 16.4. The Morgan fingerprint density at radius 2 is 1.52 bits per heavy atom. The molecule has 0 aliphatic heterocycles. The summed E-state index contributed by atoms with van der Waals surface area (Å²) in [5, 5.41) is 8.90. The Morgan fingerprint density at radius 1 is 0.783 bits per heavy atom. The second-order valence-electron chi connectivity index (χ2n) is 6.35. The van der Waals surface area contributed by atoms with Gasteiger partial charge >= 0.3 is 0 Å². The molecule has 2 nitrogen and oxygen atoms in total. The average Bonchev–Trinajstić information content (AvgIpc) is 2.73. The first-order valence-corrected chi connectivity index (χ1v) is 8.07. The molecular formula is C21H22N2. The minimum absolute atomic E-state index is 0.508. The van der Waals surface area contributed by atoms with Crippen molar-refractivity contribution in [2.75, 3.05) is 0 Å². The van der Waals surface area contributed by atoms with Crippen LogP contribution >= 0.6 is 0 Å². The number of azo groups is 1. The molecule has 0 unspecified atom stereocenters. The van der Waals surface area contributed by atoms with E-state index in [4.69, 9.17) is 0 Å². The smallest absolute Gasteiger partial charge is 0.0940 e. The van der Waals surface area contributed by atoms with Crippen molar-refractivity contribution in [2.24, 2.45) is 10.2 Å². The SMILES string of the molecule is Cc1cc(N=Nc2ccccc2)c2c(C)ccc(C(C)C)cc1-2. The fourth-order valence-electron chi connectivity index (χ4n) is 2.85. The molecule has 2 aliphatic carbocycles. The number of benzene rings is 1. The molecule has 0 aromatic heterocycles. The molecule has 0 saturated carbocycles. The van der Waals surface area contributed by atoms with Gasteiger partial charge in [0.1, 0.15) is 0 Å². The molecule has 0 amide bonds. The van der Waals surface area contributed by atoms with Crippen molar-refractivity contribution in [3.63, 3.8) is 0 Å². The normalized spacial score (nSPS) is 11.7. The highest BCUT2D eigenvalue weighted by molar-refractivity contribution is 5.85. The summed E-state index contributed by atoms with van der Waals surface area (Å²) >= 11 is 0. The van der Waals surface area contributed by atoms with Crippen molar-refractivity contribution < 1.29 is 0 Å². The van der Waals surface area contributed by atoms with E-state index in [1.165, 1.54) is 27.8 Å². The largest absolute Gasteiger partial charge is 0.151 e. The van der Waals surface area contributed by atoms with Crippen LogP contribution in [0.3, 0.4) is 0 Å². The second kappa shape index (κ2) is 6.33. The Hall–Kier alpha value is -2.48. The number of aryl methyl sites for hydroxylation is 2. The Kier molecular flexibility index (Phi) is 4.24. The van der Waals surface area contributed by atoms with E-state index in [0.717, 1.165) is 11.4 Å². The van der Waals surface area contributed by atoms with Gasteiger partial charge in [-0.2, -0.15) is 5.11 Å². The molecule has 0 N–H and O–H groups in total. The first-order chi connectivity index (χ1) is 11.1. The van der Waals surface area contributed by atoms with E-state index in [1.807, 2.05) is 30.3 Å². The molecule has 0 fully saturated rings. The standard InChI is InChI=1S/C21H22N2/c1-14(2)17-11-10-15(3)21-19(13-17)16(4)12-20(21)23-22-18-8-6-5-7-9-18/h5-14H,1-4H3. The monoisotopic (exact) mass is 302 g/mol. The highest BCUT2D eigenvalue weighted by Crippen LogP contribution is 2.41. The molecule has 0 heterocycles. The summed E-state index contributed by atoms with van der Waals surface area (Å²) in [5.41, 5.74) is 8.14. The van der Waals surface area contributed by atoms with Crippen molar-refractivity contribution in [3.05, 3.63) is 71.3 Å². The summed E-state index contributed by atoms with van der Waals surface area (Å²) in [7, 11) is 0. The zero-order valence-corrected chi connectivity index (χ0v) is 14.2. The summed E-state index contributed by atoms with van der Waals surface area (Å²) in [6.45, 7) is 8.75. The van der Waals surface area contributed by atoms with Crippen molar-refractivity contribution in [2.45, 2.75) is 33.6 Å². The molecule has 1 aromatic carbocycles. The lowest BCUT2D eigenvalue weighted by molar-refractivity contribution is 0.868. The molecular weight excluding hydrogens is 280 g/mol. The summed E-state index contributed by atoms with van der Waals surface area (Å²) in [6, 6.07) is 18.7. The predicted octanol–water partition coefficient (Wildman–Crippen LogP) is 6.95. The first kappa shape index (κ1) is 15.4. The van der Waals surface area contributed by atoms with Crippen LogP contribution in [-0.4, -0.2) is 0 Å². The Morgan fingerprint density at radius 3 is 2.22 bits per heavy atom. The van der Waals surface area contributed by atoms with Crippen molar-refractivity contribution in [1.29, 1.82) is 0 Å². The number of rotatable bonds is 3. The average molecular weight is 302 g/mol. The minimum atomic E-state index is 0.508. The fraction of sp³-hybridized carbons (Fsp3) is 0.238. The minimum Gasteiger partial charge on any atom is -0.151 e. The third-order valence-electron chi connectivity index (χ3n) is 4.23. The number of hydrogen-bond donors (Lipinski definition) is 0. The van der Waals surface area contributed by atoms with Gasteiger partial charge in [0.2, 0.25) is 0 Å². The van der Waals surface area contributed by atoms with Gasteiger partial charge in [-0.25, -0.2) is 0 Å². The van der Waals surface area contributed by atoms with E-state index in [2.05, 4.69) is 62.2 Å². The van der Waals surface area contributed by atoms with E-state index in [1.54, 1.807) is 0 Å². The van der Waals surface area contributed by atoms with Gasteiger partial charge in [-0.3, -0.25) is 0 Å². The van der Waals surface area contributed by atoms with Gasteiger partial charge in [0.25, 0.3) is 0 Å². The summed E-state index contributed by atoms with van der Waals surface area (Å²) < 4.78 is 0. The third kappa shape index (κ3) is 3.16. The van der Waals surface area contributed by atoms with Gasteiger partial charge in [0.15, 0.2) is 0 Å². The highest BCUT2D eigenvalue weighted by Gasteiger charge is 2.16. The van der Waals surface area contributed by atoms with E-state index in [0.29, 0.717) is 5.92 Å². The van der Waals surface area contributed by atoms with Crippen LogP contribution in [0.2, 0.25) is 0 Å². The maximum Gasteiger partial charge on any atom is 0.0940 e. The van der Waals surface area contributed by atoms with E-state index >= 15 is 0 Å². The van der Waals surface area contributed by atoms with Gasteiger partial charge in [0, 0.05) is 5.56 Å². The van der Waals surface area contributed by atoms with Crippen LogP contribution in [0.15, 0.2) is 64.8 Å². The molecule has 2 aliphatic rings. The summed E-state index contributed by atoms with van der Waals surface area (Å²) in [4.78, 5) is 0. The van der Waals surface area contributed by atoms with Crippen LogP contribution in [0.25, 0.3) is 11.1 Å². The third-order valence-corrected chi connectivity index (χ3v) is 4.23. The molecule has 23 heavy (non-hydrogen) atoms. The van der Waals surface area contributed by atoms with Gasteiger partial charge in [-0.15, -0.1) is 5.11 Å². The fourth-order valence-corrected chi connectivity index (χ4v) is 2.85. The molecule has 0 bridgehead atoms. The molecule has 2 heteroatoms. The van der Waals surface area contributed by atoms with E-state index in [9.17, 15) is 0 Å². The quantitative estimate of drug-likeness (QED) is 0.468. The summed E-state index contributed by atoms with van der Waals surface area (Å²) in [5.74, 6) is 0.508. The molecule has 3 rings (SSSR count). The molecule has 116 valence electrons. The van der Waals surface area contributed by atoms with Crippen LogP contribution in [0.1, 0.15) is 36.5 Å². The van der Waals surface area contributed by atoms with Crippen LogP contribution in [0, 0.1) is 13.8 Å². The molecule has 1 aromatic rings. The van der Waals surface area contributed by atoms with Gasteiger partial charge in [0.05, 0.1) is 11.4 Å². The Bertz CT molecular complexity index is 817. The van der Waals surface area contributed by atoms with Crippen LogP contribution in [0.4, 0.5) is 11.4 Å².